The molecule has 0 bridgehead atoms. The first kappa shape index (κ1) is 21.7. The van der Waals surface area contributed by atoms with E-state index in [-0.39, 0.29) is 5.54 Å². The predicted octanol–water partition coefficient (Wildman–Crippen LogP) is 3.91. The number of benzene rings is 1. The van der Waals surface area contributed by atoms with E-state index in [9.17, 15) is 15.0 Å². The van der Waals surface area contributed by atoms with Crippen LogP contribution in [0.1, 0.15) is 59.4 Å². The van der Waals surface area contributed by atoms with Gasteiger partial charge in [-0.3, -0.25) is 4.90 Å². The number of β-amino-alcohol motifs (C(OH)–C–C–N with tert-alkyl or cyclic N) is 1. The highest BCUT2D eigenvalue weighted by atomic mass is 16.4. The molecule has 1 fully saturated rings. The largest absolute Gasteiger partial charge is 0.465 e. The lowest BCUT2D eigenvalue weighted by Crippen LogP contribution is -2.61. The van der Waals surface area contributed by atoms with Gasteiger partial charge in [0.15, 0.2) is 0 Å². The van der Waals surface area contributed by atoms with Crippen LogP contribution in [0.25, 0.3) is 0 Å². The molecule has 0 spiro atoms. The predicted molar refractivity (Wildman–Crippen MR) is 109 cm³/mol. The van der Waals surface area contributed by atoms with E-state index in [1.54, 1.807) is 0 Å². The Labute approximate surface area is 163 Å². The maximum atomic E-state index is 12.1. The van der Waals surface area contributed by atoms with Crippen LogP contribution in [0.5, 0.6) is 0 Å². The Morgan fingerprint density at radius 1 is 1.22 bits per heavy atom. The maximum absolute atomic E-state index is 12.1. The Bertz CT molecular complexity index is 606. The SMILES string of the molecule is CC(C)C1(NC[C@H](O)[C@H](Cc2ccccc2)N(C(=O)O)C(C)(C)C)CCC1. The summed E-state index contributed by atoms with van der Waals surface area (Å²) in [7, 11) is 0. The summed E-state index contributed by atoms with van der Waals surface area (Å²) < 4.78 is 0. The van der Waals surface area contributed by atoms with E-state index in [0.717, 1.165) is 18.4 Å². The van der Waals surface area contributed by atoms with E-state index in [1.807, 2.05) is 51.1 Å². The van der Waals surface area contributed by atoms with E-state index in [4.69, 9.17) is 0 Å². The Morgan fingerprint density at radius 3 is 2.22 bits per heavy atom. The fourth-order valence-electron chi connectivity index (χ4n) is 4.14. The molecule has 5 nitrogen and oxygen atoms in total. The van der Waals surface area contributed by atoms with Crippen molar-refractivity contribution >= 4 is 6.09 Å². The molecule has 1 aromatic rings. The molecule has 152 valence electrons. The van der Waals surface area contributed by atoms with Crippen LogP contribution in [-0.2, 0) is 6.42 Å². The van der Waals surface area contributed by atoms with Gasteiger partial charge in [-0.1, -0.05) is 44.2 Å². The highest BCUT2D eigenvalue weighted by Crippen LogP contribution is 2.38. The number of carboxylic acid groups (broad SMARTS) is 1. The fraction of sp³-hybridized carbons (Fsp3) is 0.682. The molecule has 5 heteroatoms. The third-order valence-electron chi connectivity index (χ3n) is 6.01. The van der Waals surface area contributed by atoms with Gasteiger partial charge in [-0.15, -0.1) is 0 Å². The molecule has 27 heavy (non-hydrogen) atoms. The summed E-state index contributed by atoms with van der Waals surface area (Å²) in [6, 6.07) is 9.29. The molecule has 1 aromatic carbocycles. The lowest BCUT2D eigenvalue weighted by atomic mass is 9.69. The number of rotatable bonds is 8. The van der Waals surface area contributed by atoms with E-state index in [0.29, 0.717) is 18.9 Å². The molecule has 0 aromatic heterocycles. The molecule has 0 unspecified atom stereocenters. The lowest BCUT2D eigenvalue weighted by Gasteiger charge is -2.48. The van der Waals surface area contributed by atoms with Crippen LogP contribution in [0.4, 0.5) is 4.79 Å². The van der Waals surface area contributed by atoms with Crippen LogP contribution in [0.3, 0.4) is 0 Å². The van der Waals surface area contributed by atoms with Gasteiger partial charge in [0.1, 0.15) is 0 Å². The Balaban J connectivity index is 2.21. The molecular weight excluding hydrogens is 340 g/mol. The fourth-order valence-corrected chi connectivity index (χ4v) is 4.14. The Hall–Kier alpha value is -1.59. The Kier molecular flexibility index (Phi) is 6.92. The van der Waals surface area contributed by atoms with E-state index in [2.05, 4.69) is 19.2 Å². The van der Waals surface area contributed by atoms with E-state index in [1.165, 1.54) is 11.3 Å². The van der Waals surface area contributed by atoms with Gasteiger partial charge in [-0.05, 0) is 57.9 Å². The van der Waals surface area contributed by atoms with Crippen LogP contribution in [0.2, 0.25) is 0 Å². The zero-order valence-corrected chi connectivity index (χ0v) is 17.4. The molecular formula is C22H36N2O3. The third kappa shape index (κ3) is 5.23. The summed E-state index contributed by atoms with van der Waals surface area (Å²) in [6.07, 6.45) is 2.15. The standard InChI is InChI=1S/C22H36N2O3/c1-16(2)22(12-9-13-22)23-15-19(25)18(14-17-10-7-6-8-11-17)24(20(26)27)21(3,4)5/h6-8,10-11,16,18-19,23,25H,9,12-15H2,1-5H3,(H,26,27)/t18-,19-/m0/s1. The van der Waals surface area contributed by atoms with Gasteiger partial charge in [-0.2, -0.15) is 0 Å². The van der Waals surface area contributed by atoms with Gasteiger partial charge in [0.2, 0.25) is 0 Å². The average molecular weight is 377 g/mol. The minimum atomic E-state index is -0.996. The zero-order valence-electron chi connectivity index (χ0n) is 17.4. The third-order valence-corrected chi connectivity index (χ3v) is 6.01. The number of aliphatic hydroxyl groups is 1. The van der Waals surface area contributed by atoms with Crippen LogP contribution >= 0.6 is 0 Å². The number of nitrogens with one attached hydrogen (secondary N) is 1. The summed E-state index contributed by atoms with van der Waals surface area (Å²) >= 11 is 0. The van der Waals surface area contributed by atoms with Crippen molar-refractivity contribution in [3.63, 3.8) is 0 Å². The average Bonchev–Trinajstić information content (AvgIpc) is 2.52. The van der Waals surface area contributed by atoms with Crippen molar-refractivity contribution in [2.45, 2.75) is 83.5 Å². The van der Waals surface area contributed by atoms with Gasteiger partial charge in [0.05, 0.1) is 12.1 Å². The Morgan fingerprint density at radius 2 is 1.81 bits per heavy atom. The number of hydrogen-bond acceptors (Lipinski definition) is 3. The molecule has 3 N–H and O–H groups in total. The van der Waals surface area contributed by atoms with Crippen LogP contribution in [0, 0.1) is 5.92 Å². The number of carbonyl (C=O) groups is 1. The van der Waals surface area contributed by atoms with Crippen LogP contribution < -0.4 is 5.32 Å². The first-order valence-corrected chi connectivity index (χ1v) is 10.1. The second kappa shape index (κ2) is 8.61. The summed E-state index contributed by atoms with van der Waals surface area (Å²) in [5.74, 6) is 0.490. The maximum Gasteiger partial charge on any atom is 0.408 e. The topological polar surface area (TPSA) is 72.8 Å². The molecule has 0 radical (unpaired) electrons. The molecule has 2 atom stereocenters. The summed E-state index contributed by atoms with van der Waals surface area (Å²) in [5.41, 5.74) is 0.506. The lowest BCUT2D eigenvalue weighted by molar-refractivity contribution is -0.00128. The van der Waals surface area contributed by atoms with Crippen molar-refractivity contribution in [3.8, 4) is 0 Å². The van der Waals surface area contributed by atoms with Crippen molar-refractivity contribution in [2.75, 3.05) is 6.54 Å². The zero-order chi connectivity index (χ0) is 20.2. The monoisotopic (exact) mass is 376 g/mol. The molecule has 1 saturated carbocycles. The van der Waals surface area contributed by atoms with Crippen molar-refractivity contribution in [3.05, 3.63) is 35.9 Å². The second-order valence-electron chi connectivity index (χ2n) is 9.19. The second-order valence-corrected chi connectivity index (χ2v) is 9.19. The normalized spacial score (nSPS) is 18.6. The number of hydrogen-bond donors (Lipinski definition) is 3. The number of aliphatic hydroxyl groups excluding tert-OH is 1. The van der Waals surface area contributed by atoms with Crippen LogP contribution in [-0.4, -0.2) is 51.0 Å². The molecule has 1 aliphatic carbocycles. The quantitative estimate of drug-likeness (QED) is 0.643. The minimum absolute atomic E-state index is 0.0774. The van der Waals surface area contributed by atoms with Gasteiger partial charge >= 0.3 is 6.09 Å². The molecule has 0 saturated heterocycles. The molecule has 0 heterocycles. The van der Waals surface area contributed by atoms with Crippen LogP contribution in [0.15, 0.2) is 30.3 Å². The number of amides is 1. The van der Waals surface area contributed by atoms with E-state index < -0.39 is 23.8 Å². The molecule has 0 aliphatic heterocycles. The smallest absolute Gasteiger partial charge is 0.408 e. The van der Waals surface area contributed by atoms with Crippen molar-refractivity contribution in [2.24, 2.45) is 5.92 Å². The number of nitrogens with zero attached hydrogens (tertiary/aromatic N) is 1. The molecule has 2 rings (SSSR count). The van der Waals surface area contributed by atoms with Gasteiger partial charge < -0.3 is 15.5 Å². The minimum Gasteiger partial charge on any atom is -0.465 e. The van der Waals surface area contributed by atoms with Gasteiger partial charge in [-0.25, -0.2) is 4.79 Å². The van der Waals surface area contributed by atoms with Crippen molar-refractivity contribution in [1.29, 1.82) is 0 Å². The first-order valence-electron chi connectivity index (χ1n) is 10.1. The summed E-state index contributed by atoms with van der Waals surface area (Å²) in [4.78, 5) is 13.5. The highest BCUT2D eigenvalue weighted by molar-refractivity contribution is 5.66. The summed E-state index contributed by atoms with van der Waals surface area (Å²) in [5, 5.41) is 24.5. The highest BCUT2D eigenvalue weighted by Gasteiger charge is 2.42. The first-order chi connectivity index (χ1) is 12.6. The van der Waals surface area contributed by atoms with Gasteiger partial charge in [0, 0.05) is 17.6 Å². The molecule has 1 amide bonds. The van der Waals surface area contributed by atoms with E-state index >= 15 is 0 Å². The molecule has 1 aliphatic rings. The van der Waals surface area contributed by atoms with Crippen molar-refractivity contribution in [1.82, 2.24) is 10.2 Å². The summed E-state index contributed by atoms with van der Waals surface area (Å²) in [6.45, 7) is 10.4. The van der Waals surface area contributed by atoms with Crippen molar-refractivity contribution < 1.29 is 15.0 Å². The van der Waals surface area contributed by atoms with Gasteiger partial charge in [0.25, 0.3) is 0 Å².